The number of benzene rings is 1. The minimum Gasteiger partial charge on any atom is -0.465 e. The van der Waals surface area contributed by atoms with Gasteiger partial charge in [-0.15, -0.1) is 0 Å². The minimum absolute atomic E-state index is 0.0115. The van der Waals surface area contributed by atoms with E-state index in [0.29, 0.717) is 32.1 Å². The number of halogens is 2. The van der Waals surface area contributed by atoms with Gasteiger partial charge in [0.25, 0.3) is 6.01 Å². The van der Waals surface area contributed by atoms with E-state index in [4.69, 9.17) is 19.9 Å². The van der Waals surface area contributed by atoms with E-state index in [9.17, 15) is 9.18 Å². The third-order valence-electron chi connectivity index (χ3n) is 6.90. The molecule has 0 bridgehead atoms. The van der Waals surface area contributed by atoms with E-state index in [0.717, 1.165) is 29.6 Å². The summed E-state index contributed by atoms with van der Waals surface area (Å²) in [6.07, 6.45) is -1.59. The summed E-state index contributed by atoms with van der Waals surface area (Å²) in [6, 6.07) is 3.66. The molecule has 2 aromatic rings. The first-order chi connectivity index (χ1) is 16.0. The van der Waals surface area contributed by atoms with Gasteiger partial charge in [-0.2, -0.15) is 4.98 Å². The summed E-state index contributed by atoms with van der Waals surface area (Å²) in [6.45, 7) is 9.40. The maximum atomic E-state index is 15.1. The van der Waals surface area contributed by atoms with Gasteiger partial charge in [-0.05, 0) is 30.5 Å². The fourth-order valence-electron chi connectivity index (χ4n) is 5.31. The highest BCUT2D eigenvalue weighted by Crippen LogP contribution is 2.51. The number of amides is 1. The van der Waals surface area contributed by atoms with Crippen LogP contribution in [0.5, 0.6) is 6.01 Å². The Hall–Kier alpha value is -2.72. The minimum atomic E-state index is -1.43. The van der Waals surface area contributed by atoms with E-state index in [-0.39, 0.29) is 18.2 Å². The molecule has 1 saturated heterocycles. The van der Waals surface area contributed by atoms with Crippen molar-refractivity contribution in [2.45, 2.75) is 65.0 Å². The van der Waals surface area contributed by atoms with Gasteiger partial charge in [0.05, 0.1) is 24.6 Å². The van der Waals surface area contributed by atoms with Crippen LogP contribution in [0.3, 0.4) is 0 Å². The number of carbonyl (C=O) groups excluding carboxylic acids is 1. The van der Waals surface area contributed by atoms with Crippen LogP contribution >= 0.6 is 0 Å². The van der Waals surface area contributed by atoms with Crippen LogP contribution in [0.2, 0.25) is 0 Å². The first kappa shape index (κ1) is 24.4. The molecule has 186 valence electrons. The molecule has 2 aliphatic heterocycles. The highest BCUT2D eigenvalue weighted by molar-refractivity contribution is 5.65. The third kappa shape index (κ3) is 4.02. The monoisotopic (exact) mass is 478 g/mol. The number of fused-ring (bicyclic) bond motifs is 1. The van der Waals surface area contributed by atoms with Crippen LogP contribution in [-0.2, 0) is 35.2 Å². The molecule has 3 atom stereocenters. The molecule has 0 radical (unpaired) electrons. The predicted octanol–water partition coefficient (Wildman–Crippen LogP) is 3.61. The first-order valence-corrected chi connectivity index (χ1v) is 11.4. The molecule has 0 aliphatic carbocycles. The Kier molecular flexibility index (Phi) is 6.32. The number of rotatable bonds is 5. The summed E-state index contributed by atoms with van der Waals surface area (Å²) in [5, 5.41) is 0. The normalized spacial score (nSPS) is 25.3. The zero-order valence-corrected chi connectivity index (χ0v) is 20.2. The molecule has 0 spiro atoms. The van der Waals surface area contributed by atoms with Crippen LogP contribution in [0.4, 0.5) is 13.6 Å². The molecule has 3 heterocycles. The Morgan fingerprint density at radius 2 is 2.06 bits per heavy atom. The maximum Gasteiger partial charge on any atom is 0.404 e. The summed E-state index contributed by atoms with van der Waals surface area (Å²) in [5.74, 6) is -1.23. The smallest absolute Gasteiger partial charge is 0.404 e. The SMILES string of the molecule is CCOc1nc2c(n1C)CN([C@H]1CO[C@@](c3cc(F)ccc3F)(C(C)(C)C)[C@@H](OC(N)=O)C1)C2. The van der Waals surface area contributed by atoms with Crippen molar-refractivity contribution < 1.29 is 27.8 Å². The fourth-order valence-corrected chi connectivity index (χ4v) is 5.31. The molecule has 8 nitrogen and oxygen atoms in total. The molecule has 10 heteroatoms. The zero-order valence-electron chi connectivity index (χ0n) is 20.2. The van der Waals surface area contributed by atoms with Crippen molar-refractivity contribution in [3.05, 3.63) is 46.8 Å². The van der Waals surface area contributed by atoms with Crippen LogP contribution in [0.15, 0.2) is 18.2 Å². The lowest BCUT2D eigenvalue weighted by Gasteiger charge is -2.53. The van der Waals surface area contributed by atoms with E-state index in [1.54, 1.807) is 0 Å². The van der Waals surface area contributed by atoms with Crippen LogP contribution in [0.1, 0.15) is 51.1 Å². The third-order valence-corrected chi connectivity index (χ3v) is 6.90. The van der Waals surface area contributed by atoms with Crippen LogP contribution < -0.4 is 10.5 Å². The lowest BCUT2D eigenvalue weighted by molar-refractivity contribution is -0.231. The lowest BCUT2D eigenvalue weighted by atomic mass is 9.66. The van der Waals surface area contributed by atoms with Crippen molar-refractivity contribution in [2.75, 3.05) is 13.2 Å². The quantitative estimate of drug-likeness (QED) is 0.706. The van der Waals surface area contributed by atoms with Gasteiger partial charge >= 0.3 is 6.09 Å². The summed E-state index contributed by atoms with van der Waals surface area (Å²) < 4.78 is 48.8. The Morgan fingerprint density at radius 1 is 1.32 bits per heavy atom. The van der Waals surface area contributed by atoms with E-state index in [2.05, 4.69) is 9.88 Å². The Balaban J connectivity index is 1.66. The number of nitrogens with two attached hydrogens (primary N) is 1. The number of nitrogens with zero attached hydrogens (tertiary/aromatic N) is 3. The molecule has 0 unspecified atom stereocenters. The Labute approximate surface area is 198 Å². The van der Waals surface area contributed by atoms with Crippen LogP contribution in [-0.4, -0.2) is 45.9 Å². The summed E-state index contributed by atoms with van der Waals surface area (Å²) >= 11 is 0. The molecule has 34 heavy (non-hydrogen) atoms. The van der Waals surface area contributed by atoms with E-state index in [1.165, 1.54) is 0 Å². The van der Waals surface area contributed by atoms with Crippen LogP contribution in [0.25, 0.3) is 0 Å². The van der Waals surface area contributed by atoms with E-state index in [1.807, 2.05) is 39.3 Å². The molecule has 4 rings (SSSR count). The number of aromatic nitrogens is 2. The second kappa shape index (κ2) is 8.81. The highest BCUT2D eigenvalue weighted by Gasteiger charge is 2.58. The average Bonchev–Trinajstić information content (AvgIpc) is 3.28. The zero-order chi connectivity index (χ0) is 24.8. The van der Waals surface area contributed by atoms with Crippen molar-refractivity contribution in [1.29, 1.82) is 0 Å². The topological polar surface area (TPSA) is 91.8 Å². The molecule has 2 aliphatic rings. The first-order valence-electron chi connectivity index (χ1n) is 11.4. The van der Waals surface area contributed by atoms with Gasteiger partial charge in [-0.1, -0.05) is 20.8 Å². The van der Waals surface area contributed by atoms with Crippen molar-refractivity contribution >= 4 is 6.09 Å². The number of ether oxygens (including phenoxy) is 3. The molecule has 2 N–H and O–H groups in total. The predicted molar refractivity (Wildman–Crippen MR) is 120 cm³/mol. The summed E-state index contributed by atoms with van der Waals surface area (Å²) in [7, 11) is 1.91. The largest absolute Gasteiger partial charge is 0.465 e. The molecule has 1 aromatic heterocycles. The fraction of sp³-hybridized carbons (Fsp3) is 0.583. The second-order valence-electron chi connectivity index (χ2n) is 9.92. The molecular formula is C24H32F2N4O4. The average molecular weight is 479 g/mol. The number of primary amides is 1. The van der Waals surface area contributed by atoms with Gasteiger partial charge < -0.3 is 19.9 Å². The van der Waals surface area contributed by atoms with Crippen molar-refractivity contribution in [3.63, 3.8) is 0 Å². The van der Waals surface area contributed by atoms with Crippen molar-refractivity contribution in [1.82, 2.24) is 14.5 Å². The summed E-state index contributed by atoms with van der Waals surface area (Å²) in [5.41, 5.74) is 5.21. The van der Waals surface area contributed by atoms with Gasteiger partial charge in [-0.25, -0.2) is 13.6 Å². The maximum absolute atomic E-state index is 15.1. The van der Waals surface area contributed by atoms with Gasteiger partial charge in [0.1, 0.15) is 23.3 Å². The second-order valence-corrected chi connectivity index (χ2v) is 9.92. The number of hydrogen-bond acceptors (Lipinski definition) is 6. The van der Waals surface area contributed by atoms with Gasteiger partial charge in [0, 0.05) is 38.2 Å². The van der Waals surface area contributed by atoms with Gasteiger partial charge in [0.2, 0.25) is 0 Å². The van der Waals surface area contributed by atoms with E-state index < -0.39 is 34.8 Å². The number of carbonyl (C=O) groups is 1. The molecule has 0 saturated carbocycles. The number of hydrogen-bond donors (Lipinski definition) is 1. The highest BCUT2D eigenvalue weighted by atomic mass is 19.1. The van der Waals surface area contributed by atoms with Gasteiger partial charge in [-0.3, -0.25) is 9.47 Å². The molecule has 1 amide bonds. The molecule has 1 fully saturated rings. The van der Waals surface area contributed by atoms with Crippen LogP contribution in [0, 0.1) is 17.0 Å². The lowest BCUT2D eigenvalue weighted by Crippen LogP contribution is -2.61. The van der Waals surface area contributed by atoms with Gasteiger partial charge in [0.15, 0.2) is 0 Å². The number of imidazole rings is 1. The Morgan fingerprint density at radius 3 is 2.68 bits per heavy atom. The summed E-state index contributed by atoms with van der Waals surface area (Å²) in [4.78, 5) is 18.7. The van der Waals surface area contributed by atoms with E-state index >= 15 is 4.39 Å². The molecule has 1 aromatic carbocycles. The van der Waals surface area contributed by atoms with Crippen molar-refractivity contribution in [3.8, 4) is 6.01 Å². The molecular weight excluding hydrogens is 446 g/mol. The Bertz CT molecular complexity index is 1080. The van der Waals surface area contributed by atoms with Crippen molar-refractivity contribution in [2.24, 2.45) is 18.2 Å². The standard InChI is InChI=1S/C24H32F2N4O4/c1-6-32-22-28-18-11-30(12-19(18)29(22)5)15-10-20(34-21(27)31)24(33-13-15,23(2,3)4)16-9-14(25)7-8-17(16)26/h7-9,15,20H,6,10-13H2,1-5H3,(H2,27,31)/t15-,20+,24-/m1/s1.